The normalized spacial score (nSPS) is 13.6. The Hall–Kier alpha value is -3.09. The lowest BCUT2D eigenvalue weighted by atomic mass is 10.1. The Morgan fingerprint density at radius 3 is 2.86 bits per heavy atom. The summed E-state index contributed by atoms with van der Waals surface area (Å²) in [6, 6.07) is 7.37. The quantitative estimate of drug-likeness (QED) is 0.598. The SMILES string of the molecule is CCOC(=O)c1cn2c(cc1=O)-c1c3cccc(OC[C@@H](C)CC)c3nn1CC2. The molecule has 0 unspecified atom stereocenters. The van der Waals surface area contributed by atoms with E-state index in [9.17, 15) is 9.59 Å². The number of fused-ring (bicyclic) bond motifs is 5. The van der Waals surface area contributed by atoms with Gasteiger partial charge >= 0.3 is 5.97 Å². The van der Waals surface area contributed by atoms with Gasteiger partial charge in [0.1, 0.15) is 16.8 Å². The van der Waals surface area contributed by atoms with Crippen LogP contribution in [-0.2, 0) is 17.8 Å². The lowest BCUT2D eigenvalue weighted by Gasteiger charge is -2.21. The number of nitrogens with zero attached hydrogens (tertiary/aromatic N) is 3. The van der Waals surface area contributed by atoms with E-state index in [1.807, 2.05) is 27.4 Å². The van der Waals surface area contributed by atoms with Crippen molar-refractivity contribution >= 4 is 16.9 Å². The lowest BCUT2D eigenvalue weighted by molar-refractivity contribution is 0.0524. The van der Waals surface area contributed by atoms with E-state index in [1.54, 1.807) is 13.1 Å². The van der Waals surface area contributed by atoms with E-state index in [0.717, 1.165) is 34.5 Å². The average Bonchev–Trinajstić information content (AvgIpc) is 3.11. The summed E-state index contributed by atoms with van der Waals surface area (Å²) in [5, 5.41) is 5.69. The van der Waals surface area contributed by atoms with Crippen LogP contribution in [-0.4, -0.2) is 33.5 Å². The number of hydrogen-bond donors (Lipinski definition) is 0. The second-order valence-electron chi connectivity index (χ2n) is 7.40. The number of rotatable bonds is 6. The predicted octanol–water partition coefficient (Wildman–Crippen LogP) is 3.48. The highest BCUT2D eigenvalue weighted by Crippen LogP contribution is 2.35. The Morgan fingerprint density at radius 1 is 1.28 bits per heavy atom. The number of carbonyl (C=O) groups excluding carboxylic acids is 1. The first-order valence-corrected chi connectivity index (χ1v) is 10.1. The van der Waals surface area contributed by atoms with Gasteiger partial charge in [-0.05, 0) is 18.9 Å². The number of aryl methyl sites for hydroxylation is 2. The Kier molecular flexibility index (Phi) is 5.13. The zero-order chi connectivity index (χ0) is 20.5. The van der Waals surface area contributed by atoms with Gasteiger partial charge in [0, 0.05) is 24.2 Å². The molecule has 0 aliphatic carbocycles. The molecule has 2 aromatic heterocycles. The minimum Gasteiger partial charge on any atom is -0.491 e. The van der Waals surface area contributed by atoms with Gasteiger partial charge in [-0.15, -0.1) is 0 Å². The molecule has 7 nitrogen and oxygen atoms in total. The van der Waals surface area contributed by atoms with Crippen molar-refractivity contribution in [3.63, 3.8) is 0 Å². The van der Waals surface area contributed by atoms with Crippen LogP contribution in [0.1, 0.15) is 37.6 Å². The highest BCUT2D eigenvalue weighted by atomic mass is 16.5. The van der Waals surface area contributed by atoms with E-state index in [0.29, 0.717) is 25.6 Å². The van der Waals surface area contributed by atoms with Crippen LogP contribution in [0, 0.1) is 5.92 Å². The van der Waals surface area contributed by atoms with Gasteiger partial charge in [-0.1, -0.05) is 32.4 Å². The highest BCUT2D eigenvalue weighted by molar-refractivity contribution is 5.96. The van der Waals surface area contributed by atoms with Crippen LogP contribution in [0.4, 0.5) is 0 Å². The van der Waals surface area contributed by atoms with Crippen molar-refractivity contribution in [2.24, 2.45) is 5.92 Å². The van der Waals surface area contributed by atoms with Gasteiger partial charge in [0.2, 0.25) is 0 Å². The Morgan fingerprint density at radius 2 is 2.10 bits per heavy atom. The van der Waals surface area contributed by atoms with Gasteiger partial charge in [0.05, 0.1) is 31.1 Å². The van der Waals surface area contributed by atoms with Crippen LogP contribution in [0.5, 0.6) is 5.75 Å². The van der Waals surface area contributed by atoms with Gasteiger partial charge < -0.3 is 14.0 Å². The third-order valence-electron chi connectivity index (χ3n) is 5.37. The summed E-state index contributed by atoms with van der Waals surface area (Å²) in [5.74, 6) is 0.627. The molecule has 1 atom stereocenters. The first kappa shape index (κ1) is 19.2. The number of carbonyl (C=O) groups is 1. The van der Waals surface area contributed by atoms with Crippen molar-refractivity contribution in [3.05, 3.63) is 46.2 Å². The summed E-state index contributed by atoms with van der Waals surface area (Å²) >= 11 is 0. The molecule has 1 aromatic carbocycles. The Labute approximate surface area is 168 Å². The van der Waals surface area contributed by atoms with Crippen LogP contribution in [0.15, 0.2) is 35.3 Å². The molecule has 0 radical (unpaired) electrons. The van der Waals surface area contributed by atoms with E-state index >= 15 is 0 Å². The second kappa shape index (κ2) is 7.73. The zero-order valence-electron chi connectivity index (χ0n) is 17.0. The number of hydrogen-bond acceptors (Lipinski definition) is 5. The van der Waals surface area contributed by atoms with Crippen molar-refractivity contribution in [2.45, 2.75) is 40.3 Å². The fourth-order valence-electron chi connectivity index (χ4n) is 3.55. The molecular weight excluding hydrogens is 370 g/mol. The molecule has 0 saturated heterocycles. The van der Waals surface area contributed by atoms with E-state index in [1.165, 1.54) is 6.07 Å². The number of esters is 1. The topological polar surface area (TPSA) is 75.3 Å². The van der Waals surface area contributed by atoms with Crippen molar-refractivity contribution in [2.75, 3.05) is 13.2 Å². The standard InChI is InChI=1S/C22H25N3O4/c1-4-14(3)13-29-19-8-6-7-15-20(19)23-25-10-9-24-12-16(22(27)28-5-2)18(26)11-17(24)21(15)25/h6-8,11-12,14H,4-5,9-10,13H2,1-3H3/t14-/m0/s1. The van der Waals surface area contributed by atoms with Gasteiger partial charge in [-0.2, -0.15) is 5.10 Å². The summed E-state index contributed by atoms with van der Waals surface area (Å²) < 4.78 is 14.9. The molecule has 1 aliphatic rings. The highest BCUT2D eigenvalue weighted by Gasteiger charge is 2.24. The summed E-state index contributed by atoms with van der Waals surface area (Å²) in [5.41, 5.74) is 2.12. The Balaban J connectivity index is 1.80. The molecule has 3 aromatic rings. The zero-order valence-corrected chi connectivity index (χ0v) is 17.0. The van der Waals surface area contributed by atoms with E-state index in [2.05, 4.69) is 13.8 Å². The van der Waals surface area contributed by atoms with Crippen molar-refractivity contribution in [1.29, 1.82) is 0 Å². The molecule has 0 spiro atoms. The fourth-order valence-corrected chi connectivity index (χ4v) is 3.55. The molecule has 7 heteroatoms. The average molecular weight is 395 g/mol. The molecule has 1 aliphatic heterocycles. The molecule has 0 amide bonds. The maximum atomic E-state index is 12.6. The molecular formula is C22H25N3O4. The van der Waals surface area contributed by atoms with E-state index < -0.39 is 5.97 Å². The first-order chi connectivity index (χ1) is 14.0. The summed E-state index contributed by atoms with van der Waals surface area (Å²) in [4.78, 5) is 24.7. The number of pyridine rings is 1. The van der Waals surface area contributed by atoms with Gasteiger partial charge in [0.25, 0.3) is 0 Å². The third kappa shape index (κ3) is 3.41. The smallest absolute Gasteiger partial charge is 0.343 e. The van der Waals surface area contributed by atoms with Crippen LogP contribution in [0.3, 0.4) is 0 Å². The molecule has 0 saturated carbocycles. The van der Waals surface area contributed by atoms with Crippen molar-refractivity contribution in [3.8, 4) is 17.1 Å². The Bertz CT molecular complexity index is 1130. The van der Waals surface area contributed by atoms with Gasteiger partial charge in [-0.25, -0.2) is 4.79 Å². The second-order valence-corrected chi connectivity index (χ2v) is 7.40. The minimum atomic E-state index is -0.586. The molecule has 3 heterocycles. The van der Waals surface area contributed by atoms with Gasteiger partial charge in [0.15, 0.2) is 5.43 Å². The van der Waals surface area contributed by atoms with Crippen LogP contribution in [0.2, 0.25) is 0 Å². The number of benzene rings is 1. The molecule has 0 N–H and O–H groups in total. The molecule has 0 bridgehead atoms. The van der Waals surface area contributed by atoms with Crippen molar-refractivity contribution < 1.29 is 14.3 Å². The van der Waals surface area contributed by atoms with Crippen LogP contribution >= 0.6 is 0 Å². The first-order valence-electron chi connectivity index (χ1n) is 10.1. The van der Waals surface area contributed by atoms with Crippen molar-refractivity contribution in [1.82, 2.24) is 14.3 Å². The van der Waals surface area contributed by atoms with Crippen LogP contribution < -0.4 is 10.2 Å². The number of ether oxygens (including phenoxy) is 2. The third-order valence-corrected chi connectivity index (χ3v) is 5.37. The summed E-state index contributed by atoms with van der Waals surface area (Å²) in [7, 11) is 0. The van der Waals surface area contributed by atoms with E-state index in [-0.39, 0.29) is 17.6 Å². The monoisotopic (exact) mass is 395 g/mol. The lowest BCUT2D eigenvalue weighted by Crippen LogP contribution is -2.25. The van der Waals surface area contributed by atoms with Gasteiger partial charge in [-0.3, -0.25) is 9.48 Å². The minimum absolute atomic E-state index is 0.0606. The molecule has 152 valence electrons. The predicted molar refractivity (Wildman–Crippen MR) is 110 cm³/mol. The molecule has 4 rings (SSSR count). The molecule has 29 heavy (non-hydrogen) atoms. The van der Waals surface area contributed by atoms with Crippen LogP contribution in [0.25, 0.3) is 22.3 Å². The largest absolute Gasteiger partial charge is 0.491 e. The summed E-state index contributed by atoms with van der Waals surface area (Å²) in [6.07, 6.45) is 2.65. The maximum Gasteiger partial charge on any atom is 0.343 e. The fraction of sp³-hybridized carbons (Fsp3) is 0.409. The summed E-state index contributed by atoms with van der Waals surface area (Å²) in [6.45, 7) is 8.15. The maximum absolute atomic E-state index is 12.6. The number of aromatic nitrogens is 3. The van der Waals surface area contributed by atoms with E-state index in [4.69, 9.17) is 14.6 Å². The molecule has 0 fully saturated rings.